The number of aromatic hydroxyl groups is 1. The van der Waals surface area contributed by atoms with Gasteiger partial charge in [0.25, 0.3) is 11.8 Å². The lowest BCUT2D eigenvalue weighted by molar-refractivity contribution is 0.0193. The number of amides is 2. The summed E-state index contributed by atoms with van der Waals surface area (Å²) in [4.78, 5) is 39.3. The van der Waals surface area contributed by atoms with Crippen LogP contribution in [0.1, 0.15) is 69.8 Å². The quantitative estimate of drug-likeness (QED) is 0.172. The molecular weight excluding hydrogens is 743 g/mol. The molecule has 1 fully saturated rings. The number of ether oxygens (including phenoxy) is 3. The summed E-state index contributed by atoms with van der Waals surface area (Å²) in [7, 11) is 0. The number of nitrogens with zero attached hydrogens (tertiary/aromatic N) is 5. The third kappa shape index (κ3) is 6.89. The predicted octanol–water partition coefficient (Wildman–Crippen LogP) is 7.57. The average Bonchev–Trinajstić information content (AvgIpc) is 4.01. The highest BCUT2D eigenvalue weighted by atomic mass is 16.7. The van der Waals surface area contributed by atoms with Crippen LogP contribution in [-0.4, -0.2) is 89.6 Å². The van der Waals surface area contributed by atoms with E-state index in [2.05, 4.69) is 58.5 Å². The zero-order valence-electron chi connectivity index (χ0n) is 33.9. The molecule has 0 unspecified atom stereocenters. The van der Waals surface area contributed by atoms with Gasteiger partial charge < -0.3 is 33.7 Å². The molecule has 59 heavy (non-hydrogen) atoms. The Morgan fingerprint density at radius 1 is 0.797 bits per heavy atom. The predicted molar refractivity (Wildman–Crippen MR) is 227 cm³/mol. The van der Waals surface area contributed by atoms with Gasteiger partial charge in [-0.2, -0.15) is 0 Å². The highest BCUT2D eigenvalue weighted by Gasteiger charge is 2.36. The van der Waals surface area contributed by atoms with Crippen molar-refractivity contribution in [3.8, 4) is 28.5 Å². The molecule has 0 saturated carbocycles. The summed E-state index contributed by atoms with van der Waals surface area (Å²) in [6.45, 7) is 10.5. The maximum Gasteiger partial charge on any atom is 0.264 e. The second kappa shape index (κ2) is 15.4. The number of hydrogen-bond donors (Lipinski definition) is 1. The van der Waals surface area contributed by atoms with Gasteiger partial charge in [0.05, 0.1) is 30.0 Å². The Bertz CT molecular complexity index is 2420. The second-order valence-electron chi connectivity index (χ2n) is 16.7. The van der Waals surface area contributed by atoms with Crippen LogP contribution in [0.25, 0.3) is 11.3 Å². The van der Waals surface area contributed by atoms with Crippen LogP contribution >= 0.6 is 0 Å². The molecular formula is C48H51N5O6. The first kappa shape index (κ1) is 37.5. The largest absolute Gasteiger partial charge is 0.508 e. The Balaban J connectivity index is 1.08. The van der Waals surface area contributed by atoms with Gasteiger partial charge in [-0.3, -0.25) is 19.4 Å². The Morgan fingerprint density at radius 3 is 2.36 bits per heavy atom. The summed E-state index contributed by atoms with van der Waals surface area (Å²) in [5, 5.41) is 10.3. The average molecular weight is 794 g/mol. The number of aromatic nitrogens is 1. The van der Waals surface area contributed by atoms with Crippen molar-refractivity contribution < 1.29 is 28.9 Å². The van der Waals surface area contributed by atoms with Crippen LogP contribution < -0.4 is 19.3 Å². The number of anilines is 3. The van der Waals surface area contributed by atoms with Crippen LogP contribution in [0.2, 0.25) is 0 Å². The lowest BCUT2D eigenvalue weighted by Gasteiger charge is -2.40. The first-order chi connectivity index (χ1) is 28.8. The van der Waals surface area contributed by atoms with Crippen molar-refractivity contribution >= 4 is 28.9 Å². The van der Waals surface area contributed by atoms with Crippen LogP contribution in [0.3, 0.4) is 0 Å². The fourth-order valence-electron chi connectivity index (χ4n) is 9.81. The maximum absolute atomic E-state index is 15.4. The monoisotopic (exact) mass is 793 g/mol. The number of rotatable bonds is 8. The maximum atomic E-state index is 15.4. The lowest BCUT2D eigenvalue weighted by atomic mass is 9.92. The molecule has 0 bridgehead atoms. The molecule has 0 radical (unpaired) electrons. The topological polar surface area (TPSA) is 100.0 Å². The van der Waals surface area contributed by atoms with Gasteiger partial charge in [-0.15, -0.1) is 0 Å². The number of benzene rings is 4. The molecule has 6 heterocycles. The molecule has 2 amide bonds. The fourth-order valence-corrected chi connectivity index (χ4v) is 9.81. The van der Waals surface area contributed by atoms with Crippen LogP contribution in [0.15, 0.2) is 84.9 Å². The number of hydrogen-bond acceptors (Lipinski definition) is 8. The molecule has 5 aliphatic heterocycles. The zero-order valence-corrected chi connectivity index (χ0v) is 33.9. The molecule has 0 aliphatic carbocycles. The zero-order chi connectivity index (χ0) is 40.2. The minimum atomic E-state index is -0.159. The summed E-state index contributed by atoms with van der Waals surface area (Å²) >= 11 is 0. The first-order valence-electron chi connectivity index (χ1n) is 21.2. The number of fused-ring (bicyclic) bond motifs is 4. The van der Waals surface area contributed by atoms with Crippen LogP contribution in [0, 0.1) is 0 Å². The molecule has 4 aromatic carbocycles. The summed E-state index contributed by atoms with van der Waals surface area (Å²) in [6.07, 6.45) is 4.37. The molecule has 11 nitrogen and oxygen atoms in total. The molecule has 5 aromatic rings. The van der Waals surface area contributed by atoms with Gasteiger partial charge in [0.2, 0.25) is 6.79 Å². The van der Waals surface area contributed by atoms with Gasteiger partial charge in [0.1, 0.15) is 5.75 Å². The van der Waals surface area contributed by atoms with E-state index in [0.29, 0.717) is 54.1 Å². The van der Waals surface area contributed by atoms with E-state index in [4.69, 9.17) is 14.2 Å². The fraction of sp³-hybridized carbons (Fsp3) is 0.375. The molecule has 0 spiro atoms. The van der Waals surface area contributed by atoms with Crippen molar-refractivity contribution in [1.29, 1.82) is 0 Å². The highest BCUT2D eigenvalue weighted by Crippen LogP contribution is 2.44. The van der Waals surface area contributed by atoms with Crippen molar-refractivity contribution in [3.05, 3.63) is 118 Å². The van der Waals surface area contributed by atoms with Crippen LogP contribution in [0.5, 0.6) is 17.2 Å². The number of carbonyl (C=O) groups excluding carboxylic acids is 2. The van der Waals surface area contributed by atoms with E-state index in [-0.39, 0.29) is 30.4 Å². The third-order valence-corrected chi connectivity index (χ3v) is 12.9. The summed E-state index contributed by atoms with van der Waals surface area (Å²) in [6, 6.07) is 27.7. The first-order valence-corrected chi connectivity index (χ1v) is 21.2. The van der Waals surface area contributed by atoms with Gasteiger partial charge in [0, 0.05) is 79.7 Å². The molecule has 1 N–H and O–H groups in total. The van der Waals surface area contributed by atoms with Gasteiger partial charge >= 0.3 is 0 Å². The van der Waals surface area contributed by atoms with Crippen molar-refractivity contribution in [2.75, 3.05) is 56.0 Å². The van der Waals surface area contributed by atoms with E-state index in [0.717, 1.165) is 98.7 Å². The normalized spacial score (nSPS) is 18.5. The minimum absolute atomic E-state index is 0.0371. The summed E-state index contributed by atoms with van der Waals surface area (Å²) < 4.78 is 19.8. The van der Waals surface area contributed by atoms with E-state index in [9.17, 15) is 5.11 Å². The summed E-state index contributed by atoms with van der Waals surface area (Å²) in [5.74, 6) is 1.04. The standard InChI is InChI=1S/C48H51N5O6/c1-31(2)50-18-16-32-10-11-36(24-43(32)50)53(35-12-14-38(54)15-13-35)48(56)41-25-44(51-17-6-5-9-42(41)51)39-26-45-46(59-30-58-45)27-40(39)47(55)52-28-34-8-4-3-7-33(34)23-37(52)29-49-19-21-57-22-20-49/h3-4,7-8,10-15,24-27,31,37,54H,5-6,9,16-23,28-30H2,1-2H3/t37-/m0/s1. The SMILES string of the molecule is CC(C)N1CCc2ccc(N(C(=O)c3cc(-c4cc5c(cc4C(=O)N4Cc6ccccc6C[C@H]4CN4CCOCC4)OCO5)n4c3CCCC4)c3ccc(O)cc3)cc21. The summed E-state index contributed by atoms with van der Waals surface area (Å²) in [5.41, 5.74) is 9.92. The van der Waals surface area contributed by atoms with Crippen molar-refractivity contribution in [3.63, 3.8) is 0 Å². The van der Waals surface area contributed by atoms with E-state index in [1.807, 2.05) is 35.2 Å². The molecule has 304 valence electrons. The number of phenols is 1. The second-order valence-corrected chi connectivity index (χ2v) is 16.7. The van der Waals surface area contributed by atoms with Gasteiger partial charge in [0.15, 0.2) is 11.5 Å². The van der Waals surface area contributed by atoms with Gasteiger partial charge in [-0.1, -0.05) is 30.3 Å². The smallest absolute Gasteiger partial charge is 0.264 e. The van der Waals surface area contributed by atoms with E-state index >= 15 is 9.59 Å². The number of carbonyl (C=O) groups is 2. The molecule has 5 aliphatic rings. The van der Waals surface area contributed by atoms with Crippen molar-refractivity contribution in [2.24, 2.45) is 0 Å². The number of phenolic OH excluding ortho intramolecular Hbond substituents is 1. The third-order valence-electron chi connectivity index (χ3n) is 12.9. The molecule has 10 rings (SSSR count). The molecule has 1 saturated heterocycles. The Labute approximate surface area is 345 Å². The van der Waals surface area contributed by atoms with Crippen molar-refractivity contribution in [1.82, 2.24) is 14.4 Å². The van der Waals surface area contributed by atoms with Crippen molar-refractivity contribution in [2.45, 2.75) is 71.1 Å². The lowest BCUT2D eigenvalue weighted by Crippen LogP contribution is -2.52. The van der Waals surface area contributed by atoms with Crippen LogP contribution in [0.4, 0.5) is 17.1 Å². The molecule has 11 heteroatoms. The Morgan fingerprint density at radius 2 is 1.56 bits per heavy atom. The van der Waals surface area contributed by atoms with Gasteiger partial charge in [-0.05, 0) is 117 Å². The Kier molecular flexibility index (Phi) is 9.81. The van der Waals surface area contributed by atoms with E-state index in [1.165, 1.54) is 11.1 Å². The van der Waals surface area contributed by atoms with E-state index in [1.54, 1.807) is 29.2 Å². The molecule has 1 atom stereocenters. The minimum Gasteiger partial charge on any atom is -0.508 e. The Hall–Kier alpha value is -5.78. The molecule has 1 aromatic heterocycles. The number of morpholine rings is 1. The van der Waals surface area contributed by atoms with E-state index < -0.39 is 0 Å². The van der Waals surface area contributed by atoms with Gasteiger partial charge in [-0.25, -0.2) is 0 Å². The highest BCUT2D eigenvalue weighted by molar-refractivity contribution is 6.13. The van der Waals surface area contributed by atoms with Crippen LogP contribution in [-0.2, 0) is 37.1 Å².